The minimum absolute atomic E-state index is 0.0260. The molecule has 4 nitrogen and oxygen atoms in total. The Morgan fingerprint density at radius 1 is 1.47 bits per heavy atom. The number of ether oxygens (including phenoxy) is 1. The van der Waals surface area contributed by atoms with E-state index in [1.165, 1.54) is 0 Å². The molecule has 0 bridgehead atoms. The van der Waals surface area contributed by atoms with E-state index >= 15 is 0 Å². The summed E-state index contributed by atoms with van der Waals surface area (Å²) in [5.41, 5.74) is 0.851. The molecule has 1 aromatic rings. The smallest absolute Gasteiger partial charge is 0.239 e. The molecule has 5 heteroatoms. The lowest BCUT2D eigenvalue weighted by molar-refractivity contribution is -0.119. The maximum Gasteiger partial charge on any atom is 0.239 e. The molecular formula is C12H17BrN2O2. The molecule has 0 aromatic heterocycles. The molecule has 0 aliphatic carbocycles. The lowest BCUT2D eigenvalue weighted by Gasteiger charge is -2.11. The van der Waals surface area contributed by atoms with Gasteiger partial charge in [-0.1, -0.05) is 0 Å². The third kappa shape index (κ3) is 4.65. The maximum absolute atomic E-state index is 11.4. The molecule has 2 N–H and O–H groups in total. The number of methoxy groups -OCH3 is 1. The van der Waals surface area contributed by atoms with E-state index in [1.54, 1.807) is 7.11 Å². The maximum atomic E-state index is 11.4. The van der Waals surface area contributed by atoms with Gasteiger partial charge < -0.3 is 15.4 Å². The summed E-state index contributed by atoms with van der Waals surface area (Å²) >= 11 is 3.37. The van der Waals surface area contributed by atoms with Gasteiger partial charge in [0.15, 0.2) is 0 Å². The molecule has 0 radical (unpaired) electrons. The van der Waals surface area contributed by atoms with Gasteiger partial charge in [-0.3, -0.25) is 4.79 Å². The molecule has 0 unspecified atom stereocenters. The van der Waals surface area contributed by atoms with Crippen molar-refractivity contribution < 1.29 is 9.53 Å². The minimum atomic E-state index is -0.0260. The van der Waals surface area contributed by atoms with Gasteiger partial charge in [-0.25, -0.2) is 0 Å². The zero-order valence-corrected chi connectivity index (χ0v) is 11.8. The van der Waals surface area contributed by atoms with Gasteiger partial charge in [0.25, 0.3) is 0 Å². The predicted molar refractivity (Wildman–Crippen MR) is 72.5 cm³/mol. The number of hydrogen-bond acceptors (Lipinski definition) is 3. The SMILES string of the molecule is COc1cc(NCC(=O)NC(C)C)ccc1Br. The van der Waals surface area contributed by atoms with E-state index in [1.807, 2.05) is 32.0 Å². The van der Waals surface area contributed by atoms with Crippen molar-refractivity contribution in [1.29, 1.82) is 0 Å². The van der Waals surface area contributed by atoms with Crippen LogP contribution in [-0.4, -0.2) is 25.6 Å². The summed E-state index contributed by atoms with van der Waals surface area (Å²) in [7, 11) is 1.61. The zero-order chi connectivity index (χ0) is 12.8. The normalized spacial score (nSPS) is 10.2. The molecule has 1 aromatic carbocycles. The number of carbonyl (C=O) groups is 1. The van der Waals surface area contributed by atoms with Crippen LogP contribution in [0.5, 0.6) is 5.75 Å². The van der Waals surface area contributed by atoms with Crippen LogP contribution in [-0.2, 0) is 4.79 Å². The molecule has 0 heterocycles. The van der Waals surface area contributed by atoms with E-state index in [0.29, 0.717) is 0 Å². The highest BCUT2D eigenvalue weighted by atomic mass is 79.9. The molecule has 0 aliphatic heterocycles. The zero-order valence-electron chi connectivity index (χ0n) is 10.2. The molecule has 0 atom stereocenters. The molecular weight excluding hydrogens is 284 g/mol. The molecule has 1 rings (SSSR count). The first-order valence-electron chi connectivity index (χ1n) is 5.39. The molecule has 1 amide bonds. The van der Waals surface area contributed by atoms with Gasteiger partial charge >= 0.3 is 0 Å². The molecule has 94 valence electrons. The van der Waals surface area contributed by atoms with E-state index in [4.69, 9.17) is 4.74 Å². The van der Waals surface area contributed by atoms with Crippen molar-refractivity contribution in [1.82, 2.24) is 5.32 Å². The van der Waals surface area contributed by atoms with Crippen molar-refractivity contribution in [3.05, 3.63) is 22.7 Å². The average molecular weight is 301 g/mol. The molecule has 0 spiro atoms. The first-order valence-corrected chi connectivity index (χ1v) is 6.19. The topological polar surface area (TPSA) is 50.4 Å². The molecule has 0 aliphatic rings. The fourth-order valence-corrected chi connectivity index (χ4v) is 1.73. The van der Waals surface area contributed by atoms with Crippen molar-refractivity contribution in [3.8, 4) is 5.75 Å². The first kappa shape index (κ1) is 13.8. The Morgan fingerprint density at radius 3 is 2.76 bits per heavy atom. The number of amides is 1. The second-order valence-electron chi connectivity index (χ2n) is 3.93. The van der Waals surface area contributed by atoms with Crippen LogP contribution in [0.2, 0.25) is 0 Å². The van der Waals surface area contributed by atoms with Crippen molar-refractivity contribution >= 4 is 27.5 Å². The number of rotatable bonds is 5. The van der Waals surface area contributed by atoms with Crippen LogP contribution in [0.25, 0.3) is 0 Å². The van der Waals surface area contributed by atoms with Crippen molar-refractivity contribution in [3.63, 3.8) is 0 Å². The van der Waals surface area contributed by atoms with Gasteiger partial charge in [0.2, 0.25) is 5.91 Å². The van der Waals surface area contributed by atoms with Gasteiger partial charge in [0.05, 0.1) is 18.1 Å². The van der Waals surface area contributed by atoms with Gasteiger partial charge in [-0.2, -0.15) is 0 Å². The standard InChI is InChI=1S/C12H17BrN2O2/c1-8(2)15-12(16)7-14-9-4-5-10(13)11(6-9)17-3/h4-6,8,14H,7H2,1-3H3,(H,15,16). The van der Waals surface area contributed by atoms with Crippen LogP contribution in [0.1, 0.15) is 13.8 Å². The molecule has 17 heavy (non-hydrogen) atoms. The van der Waals surface area contributed by atoms with Crippen LogP contribution in [0.4, 0.5) is 5.69 Å². The quantitative estimate of drug-likeness (QED) is 0.878. The monoisotopic (exact) mass is 300 g/mol. The van der Waals surface area contributed by atoms with Crippen molar-refractivity contribution in [2.24, 2.45) is 0 Å². The fourth-order valence-electron chi connectivity index (χ4n) is 1.33. The fraction of sp³-hybridized carbons (Fsp3) is 0.417. The highest BCUT2D eigenvalue weighted by molar-refractivity contribution is 9.10. The largest absolute Gasteiger partial charge is 0.495 e. The Kier molecular flexibility index (Phi) is 5.28. The average Bonchev–Trinajstić information content (AvgIpc) is 2.27. The van der Waals surface area contributed by atoms with Crippen LogP contribution in [0.3, 0.4) is 0 Å². The summed E-state index contributed by atoms with van der Waals surface area (Å²) in [5.74, 6) is 0.709. The van der Waals surface area contributed by atoms with Crippen molar-refractivity contribution in [2.45, 2.75) is 19.9 Å². The van der Waals surface area contributed by atoms with Crippen molar-refractivity contribution in [2.75, 3.05) is 19.0 Å². The first-order chi connectivity index (χ1) is 8.02. The molecule has 0 fully saturated rings. The van der Waals surface area contributed by atoms with Gasteiger partial charge in [0, 0.05) is 17.8 Å². The van der Waals surface area contributed by atoms with Crippen LogP contribution >= 0.6 is 15.9 Å². The van der Waals surface area contributed by atoms with Crippen LogP contribution in [0, 0.1) is 0 Å². The predicted octanol–water partition coefficient (Wildman–Crippen LogP) is 2.39. The Labute approximate surface area is 110 Å². The summed E-state index contributed by atoms with van der Waals surface area (Å²) in [5, 5.41) is 5.85. The number of anilines is 1. The molecule has 0 saturated carbocycles. The van der Waals surface area contributed by atoms with E-state index < -0.39 is 0 Å². The number of hydrogen-bond donors (Lipinski definition) is 2. The highest BCUT2D eigenvalue weighted by Gasteiger charge is 2.04. The number of nitrogens with one attached hydrogen (secondary N) is 2. The lowest BCUT2D eigenvalue weighted by Crippen LogP contribution is -2.34. The Hall–Kier alpha value is -1.23. The van der Waals surface area contributed by atoms with Gasteiger partial charge in [-0.05, 0) is 41.9 Å². The number of halogens is 1. The van der Waals surface area contributed by atoms with Crippen LogP contribution < -0.4 is 15.4 Å². The highest BCUT2D eigenvalue weighted by Crippen LogP contribution is 2.27. The minimum Gasteiger partial charge on any atom is -0.495 e. The summed E-state index contributed by atoms with van der Waals surface area (Å²) in [4.78, 5) is 11.4. The summed E-state index contributed by atoms with van der Waals surface area (Å²) < 4.78 is 6.06. The summed E-state index contributed by atoms with van der Waals surface area (Å²) in [6.45, 7) is 4.12. The van der Waals surface area contributed by atoms with E-state index in [9.17, 15) is 4.79 Å². The van der Waals surface area contributed by atoms with E-state index in [2.05, 4.69) is 26.6 Å². The Balaban J connectivity index is 2.55. The Bertz CT molecular complexity index is 394. The second-order valence-corrected chi connectivity index (χ2v) is 4.78. The van der Waals surface area contributed by atoms with Crippen LogP contribution in [0.15, 0.2) is 22.7 Å². The summed E-state index contributed by atoms with van der Waals surface area (Å²) in [6, 6.07) is 5.76. The third-order valence-electron chi connectivity index (χ3n) is 2.05. The number of carbonyl (C=O) groups excluding carboxylic acids is 1. The van der Waals surface area contributed by atoms with Gasteiger partial charge in [0.1, 0.15) is 5.75 Å². The van der Waals surface area contributed by atoms with E-state index in [-0.39, 0.29) is 18.5 Å². The Morgan fingerprint density at radius 2 is 2.18 bits per heavy atom. The second kappa shape index (κ2) is 6.49. The lowest BCUT2D eigenvalue weighted by atomic mass is 10.3. The third-order valence-corrected chi connectivity index (χ3v) is 2.71. The molecule has 0 saturated heterocycles. The summed E-state index contributed by atoms with van der Waals surface area (Å²) in [6.07, 6.45) is 0. The van der Waals surface area contributed by atoms with Gasteiger partial charge in [-0.15, -0.1) is 0 Å². The number of benzene rings is 1. The van der Waals surface area contributed by atoms with E-state index in [0.717, 1.165) is 15.9 Å².